The summed E-state index contributed by atoms with van der Waals surface area (Å²) in [5.41, 5.74) is 2.20. The fourth-order valence-corrected chi connectivity index (χ4v) is 2.09. The van der Waals surface area contributed by atoms with Crippen LogP contribution in [0.5, 0.6) is 0 Å². The van der Waals surface area contributed by atoms with E-state index in [4.69, 9.17) is 0 Å². The summed E-state index contributed by atoms with van der Waals surface area (Å²) in [4.78, 5) is 4.47. The van der Waals surface area contributed by atoms with Crippen molar-refractivity contribution in [2.75, 3.05) is 5.32 Å². The summed E-state index contributed by atoms with van der Waals surface area (Å²) < 4.78 is 1.91. The number of anilines is 1. The molecular formula is C15H24N4. The van der Waals surface area contributed by atoms with Crippen LogP contribution < -0.4 is 5.32 Å². The van der Waals surface area contributed by atoms with E-state index in [-0.39, 0.29) is 5.41 Å². The lowest BCUT2D eigenvalue weighted by Crippen LogP contribution is -2.18. The van der Waals surface area contributed by atoms with Gasteiger partial charge in [0.25, 0.3) is 0 Å². The molecular weight excluding hydrogens is 236 g/mol. The average Bonchev–Trinajstić information content (AvgIpc) is 2.80. The van der Waals surface area contributed by atoms with Gasteiger partial charge in [-0.2, -0.15) is 5.10 Å². The topological polar surface area (TPSA) is 42.2 Å². The highest BCUT2D eigenvalue weighted by Gasteiger charge is 2.19. The number of fused-ring (bicyclic) bond motifs is 1. The molecule has 2 heterocycles. The molecule has 0 atom stereocenters. The van der Waals surface area contributed by atoms with Gasteiger partial charge in [0.1, 0.15) is 5.52 Å². The molecule has 0 amide bonds. The molecule has 104 valence electrons. The van der Waals surface area contributed by atoms with Gasteiger partial charge < -0.3 is 5.32 Å². The predicted molar refractivity (Wildman–Crippen MR) is 79.7 cm³/mol. The Bertz CT molecular complexity index is 547. The lowest BCUT2D eigenvalue weighted by atomic mass is 9.92. The quantitative estimate of drug-likeness (QED) is 0.912. The van der Waals surface area contributed by atoms with E-state index in [2.05, 4.69) is 56.1 Å². The van der Waals surface area contributed by atoms with E-state index in [0.717, 1.165) is 29.9 Å². The minimum atomic E-state index is 0.0538. The standard InChI is InChI=1S/C15H24N4/c1-6-11(7-2)17-14-12-10-13(15(3,4)5)18-19(12)9-8-16-14/h8-11H,6-7H2,1-5H3,(H,16,17). The summed E-state index contributed by atoms with van der Waals surface area (Å²) in [6.45, 7) is 10.9. The molecule has 2 aromatic heterocycles. The minimum Gasteiger partial charge on any atom is -0.366 e. The van der Waals surface area contributed by atoms with Crippen molar-refractivity contribution < 1.29 is 0 Å². The lowest BCUT2D eigenvalue weighted by Gasteiger charge is -2.15. The van der Waals surface area contributed by atoms with E-state index in [9.17, 15) is 0 Å². The average molecular weight is 260 g/mol. The number of nitrogens with one attached hydrogen (secondary N) is 1. The van der Waals surface area contributed by atoms with Crippen LogP contribution in [0.4, 0.5) is 5.82 Å². The second kappa shape index (κ2) is 5.19. The van der Waals surface area contributed by atoms with Crippen molar-refractivity contribution in [2.24, 2.45) is 0 Å². The van der Waals surface area contributed by atoms with Crippen LogP contribution in [0, 0.1) is 0 Å². The predicted octanol–water partition coefficient (Wildman–Crippen LogP) is 3.63. The van der Waals surface area contributed by atoms with Gasteiger partial charge in [-0.3, -0.25) is 0 Å². The molecule has 0 saturated carbocycles. The van der Waals surface area contributed by atoms with Crippen molar-refractivity contribution in [2.45, 2.75) is 58.9 Å². The van der Waals surface area contributed by atoms with Crippen molar-refractivity contribution in [1.82, 2.24) is 14.6 Å². The first-order valence-electron chi connectivity index (χ1n) is 7.07. The van der Waals surface area contributed by atoms with Gasteiger partial charge in [0.05, 0.1) is 5.69 Å². The van der Waals surface area contributed by atoms with Crippen molar-refractivity contribution in [3.63, 3.8) is 0 Å². The monoisotopic (exact) mass is 260 g/mol. The van der Waals surface area contributed by atoms with Gasteiger partial charge in [-0.1, -0.05) is 34.6 Å². The fraction of sp³-hybridized carbons (Fsp3) is 0.600. The molecule has 0 aliphatic carbocycles. The summed E-state index contributed by atoms with van der Waals surface area (Å²) in [7, 11) is 0. The second-order valence-electron chi connectivity index (χ2n) is 6.04. The highest BCUT2D eigenvalue weighted by Crippen LogP contribution is 2.25. The van der Waals surface area contributed by atoms with Gasteiger partial charge >= 0.3 is 0 Å². The van der Waals surface area contributed by atoms with Gasteiger partial charge in [0, 0.05) is 23.9 Å². The molecule has 0 unspecified atom stereocenters. The van der Waals surface area contributed by atoms with Crippen LogP contribution in [0.2, 0.25) is 0 Å². The Hall–Kier alpha value is -1.58. The molecule has 0 spiro atoms. The summed E-state index contributed by atoms with van der Waals surface area (Å²) in [6, 6.07) is 2.60. The first-order chi connectivity index (χ1) is 8.95. The number of nitrogens with zero attached hydrogens (tertiary/aromatic N) is 3. The third-order valence-corrected chi connectivity index (χ3v) is 3.48. The molecule has 0 bridgehead atoms. The van der Waals surface area contributed by atoms with E-state index in [1.54, 1.807) is 6.20 Å². The third-order valence-electron chi connectivity index (χ3n) is 3.48. The number of rotatable bonds is 4. The smallest absolute Gasteiger partial charge is 0.152 e. The van der Waals surface area contributed by atoms with Crippen molar-refractivity contribution >= 4 is 11.3 Å². The van der Waals surface area contributed by atoms with Gasteiger partial charge in [-0.05, 0) is 18.9 Å². The van der Waals surface area contributed by atoms with Gasteiger partial charge in [-0.15, -0.1) is 0 Å². The first kappa shape index (κ1) is 13.8. The summed E-state index contributed by atoms with van der Waals surface area (Å²) in [5.74, 6) is 0.930. The Morgan fingerprint density at radius 1 is 1.26 bits per heavy atom. The Kier molecular flexibility index (Phi) is 3.78. The molecule has 0 aliphatic rings. The SMILES string of the molecule is CCC(CC)Nc1nccn2nc(C(C)(C)C)cc12. The van der Waals surface area contributed by atoms with Gasteiger partial charge in [0.15, 0.2) is 5.82 Å². The van der Waals surface area contributed by atoms with Gasteiger partial charge in [0.2, 0.25) is 0 Å². The van der Waals surface area contributed by atoms with E-state index < -0.39 is 0 Å². The zero-order valence-corrected chi connectivity index (χ0v) is 12.6. The van der Waals surface area contributed by atoms with Crippen molar-refractivity contribution in [1.29, 1.82) is 0 Å². The zero-order valence-electron chi connectivity index (χ0n) is 12.6. The summed E-state index contributed by atoms with van der Waals surface area (Å²) in [5, 5.41) is 8.15. The molecule has 4 heteroatoms. The van der Waals surface area contributed by atoms with Crippen LogP contribution in [0.3, 0.4) is 0 Å². The molecule has 0 radical (unpaired) electrons. The maximum atomic E-state index is 4.64. The molecule has 0 aliphatic heterocycles. The van der Waals surface area contributed by atoms with Crippen LogP contribution in [0.15, 0.2) is 18.5 Å². The van der Waals surface area contributed by atoms with Crippen LogP contribution in [-0.4, -0.2) is 20.6 Å². The molecule has 0 fully saturated rings. The molecule has 2 aromatic rings. The van der Waals surface area contributed by atoms with E-state index in [1.165, 1.54) is 0 Å². The normalized spacial score (nSPS) is 12.3. The molecule has 0 aromatic carbocycles. The Labute approximate surface area is 115 Å². The number of aromatic nitrogens is 3. The maximum absolute atomic E-state index is 4.64. The van der Waals surface area contributed by atoms with Crippen molar-refractivity contribution in [3.8, 4) is 0 Å². The van der Waals surface area contributed by atoms with Crippen LogP contribution >= 0.6 is 0 Å². The van der Waals surface area contributed by atoms with E-state index in [0.29, 0.717) is 6.04 Å². The van der Waals surface area contributed by atoms with Crippen molar-refractivity contribution in [3.05, 3.63) is 24.2 Å². The molecule has 0 saturated heterocycles. The van der Waals surface area contributed by atoms with Gasteiger partial charge in [-0.25, -0.2) is 9.50 Å². The Balaban J connectivity index is 2.42. The lowest BCUT2D eigenvalue weighted by molar-refractivity contribution is 0.562. The molecule has 4 nitrogen and oxygen atoms in total. The van der Waals surface area contributed by atoms with E-state index in [1.807, 2.05) is 10.7 Å². The first-order valence-corrected chi connectivity index (χ1v) is 7.07. The van der Waals surface area contributed by atoms with Crippen LogP contribution in [-0.2, 0) is 5.41 Å². The minimum absolute atomic E-state index is 0.0538. The Morgan fingerprint density at radius 3 is 2.53 bits per heavy atom. The zero-order chi connectivity index (χ0) is 14.0. The summed E-state index contributed by atoms with van der Waals surface area (Å²) >= 11 is 0. The summed E-state index contributed by atoms with van der Waals surface area (Å²) in [6.07, 6.45) is 5.90. The van der Waals surface area contributed by atoms with E-state index >= 15 is 0 Å². The van der Waals surface area contributed by atoms with Crippen LogP contribution in [0.1, 0.15) is 53.2 Å². The largest absolute Gasteiger partial charge is 0.366 e. The highest BCUT2D eigenvalue weighted by molar-refractivity contribution is 5.68. The second-order valence-corrected chi connectivity index (χ2v) is 6.04. The molecule has 2 rings (SSSR count). The molecule has 1 N–H and O–H groups in total. The number of hydrogen-bond acceptors (Lipinski definition) is 3. The molecule has 19 heavy (non-hydrogen) atoms. The maximum Gasteiger partial charge on any atom is 0.152 e. The highest BCUT2D eigenvalue weighted by atomic mass is 15.2. The Morgan fingerprint density at radius 2 is 1.95 bits per heavy atom. The van der Waals surface area contributed by atoms with Crippen LogP contribution in [0.25, 0.3) is 5.52 Å². The fourth-order valence-electron chi connectivity index (χ4n) is 2.09. The third kappa shape index (κ3) is 2.88. The number of hydrogen-bond donors (Lipinski definition) is 1.